The molecular weight excluding hydrogens is 403 g/mol. The smallest absolute Gasteiger partial charge is 0.251 e. The zero-order valence-corrected chi connectivity index (χ0v) is 17.9. The SMILES string of the molecule is CCCCn1c(CNC(=O)c2ccc(OC)cc2)nnc1SCc1cccc(F)c1. The molecule has 2 aromatic carbocycles. The number of nitrogens with one attached hydrogen (secondary N) is 1. The molecule has 0 saturated carbocycles. The molecule has 0 bridgehead atoms. The van der Waals surface area contributed by atoms with Crippen LogP contribution < -0.4 is 10.1 Å². The third-order valence-corrected chi connectivity index (χ3v) is 5.58. The highest BCUT2D eigenvalue weighted by Gasteiger charge is 2.14. The maximum absolute atomic E-state index is 13.4. The van der Waals surface area contributed by atoms with E-state index >= 15 is 0 Å². The van der Waals surface area contributed by atoms with E-state index in [9.17, 15) is 9.18 Å². The molecule has 0 aliphatic heterocycles. The number of amides is 1. The van der Waals surface area contributed by atoms with Gasteiger partial charge in [0.15, 0.2) is 11.0 Å². The van der Waals surface area contributed by atoms with Crippen LogP contribution in [0.5, 0.6) is 5.75 Å². The summed E-state index contributed by atoms with van der Waals surface area (Å²) in [6, 6.07) is 13.5. The molecule has 1 aromatic heterocycles. The largest absolute Gasteiger partial charge is 0.497 e. The summed E-state index contributed by atoms with van der Waals surface area (Å²) in [6.45, 7) is 3.17. The highest BCUT2D eigenvalue weighted by Crippen LogP contribution is 2.23. The Labute approximate surface area is 179 Å². The molecule has 6 nitrogen and oxygen atoms in total. The van der Waals surface area contributed by atoms with Crippen molar-refractivity contribution >= 4 is 17.7 Å². The number of benzene rings is 2. The molecule has 1 amide bonds. The Morgan fingerprint density at radius 1 is 1.20 bits per heavy atom. The predicted molar refractivity (Wildman–Crippen MR) is 115 cm³/mol. The zero-order valence-electron chi connectivity index (χ0n) is 17.1. The molecule has 8 heteroatoms. The number of aromatic nitrogens is 3. The number of hydrogen-bond acceptors (Lipinski definition) is 5. The molecule has 0 unspecified atom stereocenters. The van der Waals surface area contributed by atoms with Crippen molar-refractivity contribution in [2.75, 3.05) is 7.11 Å². The number of carbonyl (C=O) groups excluding carboxylic acids is 1. The molecular formula is C22H25FN4O2S. The van der Waals surface area contributed by atoms with Crippen LogP contribution in [0.15, 0.2) is 53.7 Å². The Morgan fingerprint density at radius 2 is 2.00 bits per heavy atom. The second-order valence-corrected chi connectivity index (χ2v) is 7.68. The average molecular weight is 429 g/mol. The Hall–Kier alpha value is -2.87. The van der Waals surface area contributed by atoms with Gasteiger partial charge in [0.2, 0.25) is 0 Å². The van der Waals surface area contributed by atoms with E-state index < -0.39 is 0 Å². The minimum Gasteiger partial charge on any atom is -0.497 e. The molecule has 0 aliphatic rings. The zero-order chi connectivity index (χ0) is 21.3. The molecule has 30 heavy (non-hydrogen) atoms. The third kappa shape index (κ3) is 5.82. The molecule has 158 valence electrons. The molecule has 0 aliphatic carbocycles. The highest BCUT2D eigenvalue weighted by atomic mass is 32.2. The quantitative estimate of drug-likeness (QED) is 0.483. The minimum absolute atomic E-state index is 0.184. The van der Waals surface area contributed by atoms with Crippen molar-refractivity contribution in [1.82, 2.24) is 20.1 Å². The molecule has 0 atom stereocenters. The first-order valence-electron chi connectivity index (χ1n) is 9.82. The minimum atomic E-state index is -0.248. The first kappa shape index (κ1) is 21.8. The summed E-state index contributed by atoms with van der Waals surface area (Å²) in [4.78, 5) is 12.4. The van der Waals surface area contributed by atoms with E-state index in [2.05, 4.69) is 22.4 Å². The van der Waals surface area contributed by atoms with Gasteiger partial charge >= 0.3 is 0 Å². The molecule has 1 N–H and O–H groups in total. The first-order valence-corrected chi connectivity index (χ1v) is 10.8. The summed E-state index contributed by atoms with van der Waals surface area (Å²) in [6.07, 6.45) is 2.01. The first-order chi connectivity index (χ1) is 14.6. The number of methoxy groups -OCH3 is 1. The van der Waals surface area contributed by atoms with Gasteiger partial charge in [-0.3, -0.25) is 4.79 Å². The van der Waals surface area contributed by atoms with Gasteiger partial charge in [0, 0.05) is 17.9 Å². The molecule has 0 saturated heterocycles. The summed E-state index contributed by atoms with van der Waals surface area (Å²) >= 11 is 1.51. The van der Waals surface area contributed by atoms with Crippen molar-refractivity contribution in [3.63, 3.8) is 0 Å². The maximum Gasteiger partial charge on any atom is 0.251 e. The van der Waals surface area contributed by atoms with Crippen LogP contribution in [0.4, 0.5) is 4.39 Å². The normalized spacial score (nSPS) is 10.8. The fourth-order valence-corrected chi connectivity index (χ4v) is 3.80. The lowest BCUT2D eigenvalue weighted by atomic mass is 10.2. The van der Waals surface area contributed by atoms with Gasteiger partial charge in [-0.15, -0.1) is 10.2 Å². The van der Waals surface area contributed by atoms with Crippen LogP contribution in [0.2, 0.25) is 0 Å². The van der Waals surface area contributed by atoms with Gasteiger partial charge in [-0.05, 0) is 48.4 Å². The van der Waals surface area contributed by atoms with Crippen molar-refractivity contribution in [3.8, 4) is 5.75 Å². The monoisotopic (exact) mass is 428 g/mol. The fraction of sp³-hybridized carbons (Fsp3) is 0.318. The predicted octanol–water partition coefficient (Wildman–Crippen LogP) is 4.45. The van der Waals surface area contributed by atoms with Crippen molar-refractivity contribution < 1.29 is 13.9 Å². The molecule has 1 heterocycles. The molecule has 3 rings (SSSR count). The second-order valence-electron chi connectivity index (χ2n) is 6.73. The Balaban J connectivity index is 1.66. The van der Waals surface area contributed by atoms with Crippen LogP contribution >= 0.6 is 11.8 Å². The summed E-state index contributed by atoms with van der Waals surface area (Å²) in [5.74, 6) is 1.57. The van der Waals surface area contributed by atoms with Crippen molar-refractivity contribution in [3.05, 3.63) is 71.3 Å². The third-order valence-electron chi connectivity index (χ3n) is 4.54. The summed E-state index contributed by atoms with van der Waals surface area (Å²) in [5.41, 5.74) is 1.44. The topological polar surface area (TPSA) is 69.0 Å². The Kier molecular flexibility index (Phi) is 7.84. The Bertz CT molecular complexity index is 976. The van der Waals surface area contributed by atoms with Crippen molar-refractivity contribution in [1.29, 1.82) is 0 Å². The van der Waals surface area contributed by atoms with E-state index in [1.54, 1.807) is 37.4 Å². The van der Waals surface area contributed by atoms with Crippen LogP contribution in [0.1, 0.15) is 41.5 Å². The van der Waals surface area contributed by atoms with Gasteiger partial charge in [-0.2, -0.15) is 0 Å². The van der Waals surface area contributed by atoms with Crippen LogP contribution in [0.25, 0.3) is 0 Å². The lowest BCUT2D eigenvalue weighted by Gasteiger charge is -2.11. The van der Waals surface area contributed by atoms with Crippen molar-refractivity contribution in [2.45, 2.75) is 43.8 Å². The van der Waals surface area contributed by atoms with Crippen LogP contribution in [0.3, 0.4) is 0 Å². The van der Waals surface area contributed by atoms with Gasteiger partial charge in [0.25, 0.3) is 5.91 Å². The molecule has 0 spiro atoms. The Morgan fingerprint density at radius 3 is 2.70 bits per heavy atom. The van der Waals surface area contributed by atoms with Gasteiger partial charge in [0.05, 0.1) is 13.7 Å². The van der Waals surface area contributed by atoms with Gasteiger partial charge in [-0.25, -0.2) is 4.39 Å². The summed E-state index contributed by atoms with van der Waals surface area (Å²) in [5, 5.41) is 12.2. The van der Waals surface area contributed by atoms with E-state index in [4.69, 9.17) is 4.74 Å². The van der Waals surface area contributed by atoms with Crippen molar-refractivity contribution in [2.24, 2.45) is 0 Å². The van der Waals surface area contributed by atoms with Crippen LogP contribution in [-0.2, 0) is 18.8 Å². The van der Waals surface area contributed by atoms with E-state index in [0.717, 1.165) is 30.1 Å². The summed E-state index contributed by atoms with van der Waals surface area (Å²) in [7, 11) is 1.59. The van der Waals surface area contributed by atoms with E-state index in [1.807, 2.05) is 10.6 Å². The highest BCUT2D eigenvalue weighted by molar-refractivity contribution is 7.98. The fourth-order valence-electron chi connectivity index (χ4n) is 2.88. The lowest BCUT2D eigenvalue weighted by Crippen LogP contribution is -2.25. The van der Waals surface area contributed by atoms with Gasteiger partial charge in [-0.1, -0.05) is 37.2 Å². The van der Waals surface area contributed by atoms with E-state index in [-0.39, 0.29) is 18.3 Å². The molecule has 0 fully saturated rings. The second kappa shape index (κ2) is 10.8. The van der Waals surface area contributed by atoms with E-state index in [1.165, 1.54) is 23.9 Å². The molecule has 0 radical (unpaired) electrons. The standard InChI is InChI=1S/C22H25FN4O2S/c1-3-4-12-27-20(14-24-21(28)17-8-10-19(29-2)11-9-17)25-26-22(27)30-15-16-6-5-7-18(23)13-16/h5-11,13H,3-4,12,14-15H2,1-2H3,(H,24,28). The number of hydrogen-bond donors (Lipinski definition) is 1. The maximum atomic E-state index is 13.4. The number of nitrogens with zero attached hydrogens (tertiary/aromatic N) is 3. The summed E-state index contributed by atoms with van der Waals surface area (Å²) < 4.78 is 20.6. The van der Waals surface area contributed by atoms with E-state index in [0.29, 0.717) is 22.9 Å². The average Bonchev–Trinajstić information content (AvgIpc) is 3.16. The van der Waals surface area contributed by atoms with Crippen LogP contribution in [0, 0.1) is 5.82 Å². The molecule has 3 aromatic rings. The van der Waals surface area contributed by atoms with Crippen LogP contribution in [-0.4, -0.2) is 27.8 Å². The lowest BCUT2D eigenvalue weighted by molar-refractivity contribution is 0.0949. The van der Waals surface area contributed by atoms with Gasteiger partial charge < -0.3 is 14.6 Å². The number of carbonyl (C=O) groups is 1. The number of halogens is 1. The number of thioether (sulfide) groups is 1. The van der Waals surface area contributed by atoms with Gasteiger partial charge in [0.1, 0.15) is 11.6 Å². The number of unbranched alkanes of at least 4 members (excludes halogenated alkanes) is 1. The number of rotatable bonds is 10. The number of ether oxygens (including phenoxy) is 1.